The van der Waals surface area contributed by atoms with Gasteiger partial charge in [-0.1, -0.05) is 42.5 Å². The molecule has 0 bridgehead atoms. The number of nitrogens with zero attached hydrogens (tertiary/aromatic N) is 1. The van der Waals surface area contributed by atoms with Crippen LogP contribution in [0, 0.1) is 22.9 Å². The summed E-state index contributed by atoms with van der Waals surface area (Å²) < 4.78 is 13.9. The third kappa shape index (κ3) is 6.39. The van der Waals surface area contributed by atoms with Crippen molar-refractivity contribution in [1.29, 1.82) is 0 Å². The molecule has 0 aliphatic heterocycles. The Hall–Kier alpha value is -4.50. The molecule has 7 nitrogen and oxygen atoms in total. The summed E-state index contributed by atoms with van der Waals surface area (Å²) in [6.45, 7) is 1.70. The molecule has 9 heteroatoms. The topological polar surface area (TPSA) is 101 Å². The van der Waals surface area contributed by atoms with Crippen LogP contribution in [-0.4, -0.2) is 16.7 Å². The smallest absolute Gasteiger partial charge is 0.269 e. The summed E-state index contributed by atoms with van der Waals surface area (Å²) in [7, 11) is 0. The van der Waals surface area contributed by atoms with E-state index in [0.29, 0.717) is 16.9 Å². The zero-order valence-corrected chi connectivity index (χ0v) is 20.5. The maximum atomic E-state index is 13.9. The van der Waals surface area contributed by atoms with Gasteiger partial charge < -0.3 is 10.6 Å². The Morgan fingerprint density at radius 2 is 1.57 bits per heavy atom. The number of nitrogens with one attached hydrogen (secondary N) is 2. The second kappa shape index (κ2) is 11.5. The van der Waals surface area contributed by atoms with Crippen molar-refractivity contribution in [2.45, 2.75) is 17.1 Å². The second-order valence-electron chi connectivity index (χ2n) is 8.11. The molecule has 2 amide bonds. The SMILES string of the molecule is Cc1cc([N+](=O)[O-])ccc1NC(=O)C(Sc1ccc(NC(=O)c2ccccc2F)cc1)c1ccccc1. The van der Waals surface area contributed by atoms with Crippen molar-refractivity contribution in [3.8, 4) is 0 Å². The lowest BCUT2D eigenvalue weighted by Gasteiger charge is -2.18. The average Bonchev–Trinajstić information content (AvgIpc) is 2.90. The maximum absolute atomic E-state index is 13.9. The molecular formula is C28H22FN3O4S. The predicted octanol–water partition coefficient (Wildman–Crippen LogP) is 6.77. The third-order valence-electron chi connectivity index (χ3n) is 5.50. The van der Waals surface area contributed by atoms with Crippen molar-refractivity contribution in [3.05, 3.63) is 130 Å². The quantitative estimate of drug-likeness (QED) is 0.153. The number of hydrogen-bond donors (Lipinski definition) is 2. The monoisotopic (exact) mass is 515 g/mol. The van der Waals surface area contributed by atoms with E-state index < -0.39 is 21.9 Å². The molecule has 0 aliphatic carbocycles. The summed E-state index contributed by atoms with van der Waals surface area (Å²) in [5, 5.41) is 16.0. The van der Waals surface area contributed by atoms with Crippen LogP contribution in [0.1, 0.15) is 26.7 Å². The number of carbonyl (C=O) groups excluding carboxylic acids is 2. The number of rotatable bonds is 8. The van der Waals surface area contributed by atoms with E-state index in [9.17, 15) is 24.1 Å². The highest BCUT2D eigenvalue weighted by Crippen LogP contribution is 2.37. The van der Waals surface area contributed by atoms with Crippen molar-refractivity contribution in [2.24, 2.45) is 0 Å². The first kappa shape index (κ1) is 25.6. The molecule has 0 aromatic heterocycles. The lowest BCUT2D eigenvalue weighted by atomic mass is 10.1. The van der Waals surface area contributed by atoms with E-state index in [0.717, 1.165) is 10.5 Å². The first-order chi connectivity index (χ1) is 17.8. The zero-order chi connectivity index (χ0) is 26.4. The van der Waals surface area contributed by atoms with Gasteiger partial charge in [-0.15, -0.1) is 11.8 Å². The van der Waals surface area contributed by atoms with Crippen LogP contribution < -0.4 is 10.6 Å². The molecule has 0 saturated carbocycles. The minimum atomic E-state index is -0.616. The Bertz CT molecular complexity index is 1450. The van der Waals surface area contributed by atoms with Crippen LogP contribution in [0.3, 0.4) is 0 Å². The lowest BCUT2D eigenvalue weighted by Crippen LogP contribution is -2.19. The Kier molecular flexibility index (Phi) is 7.95. The first-order valence-corrected chi connectivity index (χ1v) is 12.1. The fourth-order valence-electron chi connectivity index (χ4n) is 3.60. The van der Waals surface area contributed by atoms with Gasteiger partial charge in [0.1, 0.15) is 11.1 Å². The minimum Gasteiger partial charge on any atom is -0.325 e. The van der Waals surface area contributed by atoms with E-state index in [2.05, 4.69) is 10.6 Å². The van der Waals surface area contributed by atoms with Crippen molar-refractivity contribution in [3.63, 3.8) is 0 Å². The molecular weight excluding hydrogens is 493 g/mol. The van der Waals surface area contributed by atoms with Crippen LogP contribution in [-0.2, 0) is 4.79 Å². The van der Waals surface area contributed by atoms with Crippen molar-refractivity contribution < 1.29 is 18.9 Å². The highest BCUT2D eigenvalue weighted by Gasteiger charge is 2.23. The average molecular weight is 516 g/mol. The number of thioether (sulfide) groups is 1. The number of aryl methyl sites for hydroxylation is 1. The van der Waals surface area contributed by atoms with E-state index in [-0.39, 0.29) is 17.2 Å². The van der Waals surface area contributed by atoms with Crippen LogP contribution in [0.4, 0.5) is 21.5 Å². The van der Waals surface area contributed by atoms with Gasteiger partial charge in [-0.3, -0.25) is 19.7 Å². The van der Waals surface area contributed by atoms with Crippen LogP contribution in [0.5, 0.6) is 0 Å². The molecule has 1 atom stereocenters. The van der Waals surface area contributed by atoms with Gasteiger partial charge in [0.25, 0.3) is 11.6 Å². The van der Waals surface area contributed by atoms with Crippen LogP contribution in [0.25, 0.3) is 0 Å². The van der Waals surface area contributed by atoms with Crippen molar-refractivity contribution >= 4 is 40.6 Å². The highest BCUT2D eigenvalue weighted by molar-refractivity contribution is 8.00. The molecule has 4 aromatic carbocycles. The molecule has 0 aliphatic rings. The van der Waals surface area contributed by atoms with Gasteiger partial charge in [0.05, 0.1) is 10.5 Å². The molecule has 0 spiro atoms. The molecule has 186 valence electrons. The van der Waals surface area contributed by atoms with Gasteiger partial charge in [0.15, 0.2) is 0 Å². The molecule has 0 radical (unpaired) electrons. The van der Waals surface area contributed by atoms with Gasteiger partial charge in [-0.05, 0) is 60.5 Å². The van der Waals surface area contributed by atoms with Crippen molar-refractivity contribution in [1.82, 2.24) is 0 Å². The Labute approximate surface area is 216 Å². The largest absolute Gasteiger partial charge is 0.325 e. The van der Waals surface area contributed by atoms with Crippen LogP contribution >= 0.6 is 11.8 Å². The number of carbonyl (C=O) groups is 2. The van der Waals surface area contributed by atoms with E-state index >= 15 is 0 Å². The Balaban J connectivity index is 1.51. The number of halogens is 1. The van der Waals surface area contributed by atoms with E-state index in [1.807, 2.05) is 30.3 Å². The molecule has 0 saturated heterocycles. The number of hydrogen-bond acceptors (Lipinski definition) is 5. The number of anilines is 2. The fraction of sp³-hybridized carbons (Fsp3) is 0.0714. The predicted molar refractivity (Wildman–Crippen MR) is 142 cm³/mol. The maximum Gasteiger partial charge on any atom is 0.269 e. The second-order valence-corrected chi connectivity index (χ2v) is 9.29. The first-order valence-electron chi connectivity index (χ1n) is 11.3. The van der Waals surface area contributed by atoms with Gasteiger partial charge in [0.2, 0.25) is 5.91 Å². The molecule has 37 heavy (non-hydrogen) atoms. The molecule has 2 N–H and O–H groups in total. The summed E-state index contributed by atoms with van der Waals surface area (Å²) in [5.41, 5.74) is 2.23. The number of non-ortho nitro benzene ring substituents is 1. The highest BCUT2D eigenvalue weighted by atomic mass is 32.2. The minimum absolute atomic E-state index is 0.0494. The summed E-state index contributed by atoms with van der Waals surface area (Å²) in [6, 6.07) is 26.2. The number of nitro benzene ring substituents is 1. The summed E-state index contributed by atoms with van der Waals surface area (Å²) in [5.74, 6) is -1.45. The summed E-state index contributed by atoms with van der Waals surface area (Å²) in [6.07, 6.45) is 0. The van der Waals surface area contributed by atoms with E-state index in [4.69, 9.17) is 0 Å². The summed E-state index contributed by atoms with van der Waals surface area (Å²) in [4.78, 5) is 37.0. The summed E-state index contributed by atoms with van der Waals surface area (Å²) >= 11 is 1.32. The van der Waals surface area contributed by atoms with Gasteiger partial charge in [-0.25, -0.2) is 4.39 Å². The third-order valence-corrected chi connectivity index (χ3v) is 6.77. The van der Waals surface area contributed by atoms with E-state index in [1.54, 1.807) is 37.3 Å². The van der Waals surface area contributed by atoms with Gasteiger partial charge in [0, 0.05) is 28.4 Å². The molecule has 4 aromatic rings. The van der Waals surface area contributed by atoms with Gasteiger partial charge in [-0.2, -0.15) is 0 Å². The molecule has 4 rings (SSSR count). The normalized spacial score (nSPS) is 11.4. The zero-order valence-electron chi connectivity index (χ0n) is 19.7. The fourth-order valence-corrected chi connectivity index (χ4v) is 4.62. The number of amides is 2. The van der Waals surface area contributed by atoms with Gasteiger partial charge >= 0.3 is 0 Å². The Morgan fingerprint density at radius 3 is 2.22 bits per heavy atom. The Morgan fingerprint density at radius 1 is 0.892 bits per heavy atom. The molecule has 0 fully saturated rings. The molecule has 0 heterocycles. The number of nitro groups is 1. The van der Waals surface area contributed by atoms with Crippen LogP contribution in [0.2, 0.25) is 0 Å². The standard InChI is InChI=1S/C28H22FN3O4S/c1-18-17-21(32(35)36)13-16-25(18)31-28(34)26(19-7-3-2-4-8-19)37-22-14-11-20(12-15-22)30-27(33)23-9-5-6-10-24(23)29/h2-17,26H,1H3,(H,30,33)(H,31,34). The number of benzene rings is 4. The van der Waals surface area contributed by atoms with E-state index in [1.165, 1.54) is 48.2 Å². The molecule has 1 unspecified atom stereocenters. The van der Waals surface area contributed by atoms with Crippen LogP contribution in [0.15, 0.2) is 102 Å². The lowest BCUT2D eigenvalue weighted by molar-refractivity contribution is -0.384. The van der Waals surface area contributed by atoms with Crippen molar-refractivity contribution in [2.75, 3.05) is 10.6 Å².